The summed E-state index contributed by atoms with van der Waals surface area (Å²) in [5.41, 5.74) is 7.10. The molecule has 0 aliphatic heterocycles. The van der Waals surface area contributed by atoms with Crippen LogP contribution in [-0.4, -0.2) is 56.3 Å². The van der Waals surface area contributed by atoms with Gasteiger partial charge in [0, 0.05) is 32.9 Å². The number of methoxy groups -OCH3 is 1. The number of nitrogens with zero attached hydrogens (tertiary/aromatic N) is 2. The minimum atomic E-state index is -0.454. The quantitative estimate of drug-likeness (QED) is 0.833. The number of likely N-dealkylation sites (N-methyl/N-ethyl adjacent to an activating group) is 2. The van der Waals surface area contributed by atoms with Gasteiger partial charge in [-0.15, -0.1) is 0 Å². The zero-order valence-electron chi connectivity index (χ0n) is 12.5. The molecule has 0 radical (unpaired) electrons. The minimum Gasteiger partial charge on any atom is -0.453 e. The summed E-state index contributed by atoms with van der Waals surface area (Å²) in [6.07, 6.45) is -0.899. The van der Waals surface area contributed by atoms with Crippen molar-refractivity contribution in [3.63, 3.8) is 0 Å². The van der Waals surface area contributed by atoms with Crippen LogP contribution in [0.15, 0.2) is 24.3 Å². The highest BCUT2D eigenvalue weighted by molar-refractivity contribution is 5.68. The highest BCUT2D eigenvalue weighted by Crippen LogP contribution is 2.07. The molecule has 0 saturated heterocycles. The number of anilines is 1. The third-order valence-corrected chi connectivity index (χ3v) is 2.91. The molecule has 0 spiro atoms. The Kier molecular flexibility index (Phi) is 6.32. The largest absolute Gasteiger partial charge is 0.453 e. The first-order valence-electron chi connectivity index (χ1n) is 6.45. The molecule has 0 heterocycles. The van der Waals surface area contributed by atoms with E-state index < -0.39 is 12.2 Å². The molecule has 0 aliphatic carbocycles. The van der Waals surface area contributed by atoms with E-state index in [1.807, 2.05) is 0 Å². The van der Waals surface area contributed by atoms with Crippen molar-refractivity contribution in [2.45, 2.75) is 6.61 Å². The molecule has 1 aromatic carbocycles. The van der Waals surface area contributed by atoms with Gasteiger partial charge < -0.3 is 25.0 Å². The monoisotopic (exact) mass is 295 g/mol. The highest BCUT2D eigenvalue weighted by Gasteiger charge is 2.13. The van der Waals surface area contributed by atoms with Crippen LogP contribution in [-0.2, 0) is 16.1 Å². The second-order valence-corrected chi connectivity index (χ2v) is 4.61. The molecule has 116 valence electrons. The Labute approximate surface area is 124 Å². The van der Waals surface area contributed by atoms with E-state index in [0.717, 1.165) is 5.56 Å². The van der Waals surface area contributed by atoms with Crippen LogP contribution in [0.3, 0.4) is 0 Å². The fourth-order valence-corrected chi connectivity index (χ4v) is 1.51. The number of benzene rings is 1. The number of carbonyl (C=O) groups is 2. The summed E-state index contributed by atoms with van der Waals surface area (Å²) in [5.74, 6) is 0. The van der Waals surface area contributed by atoms with Crippen molar-refractivity contribution in [1.82, 2.24) is 9.80 Å². The first kappa shape index (κ1) is 16.6. The van der Waals surface area contributed by atoms with Crippen LogP contribution < -0.4 is 5.73 Å². The molecule has 1 aromatic rings. The fraction of sp³-hybridized carbons (Fsp3) is 0.429. The first-order chi connectivity index (χ1) is 9.93. The first-order valence-corrected chi connectivity index (χ1v) is 6.45. The van der Waals surface area contributed by atoms with Crippen molar-refractivity contribution in [3.05, 3.63) is 29.8 Å². The van der Waals surface area contributed by atoms with Crippen molar-refractivity contribution < 1.29 is 19.1 Å². The Balaban J connectivity index is 2.34. The fourth-order valence-electron chi connectivity index (χ4n) is 1.51. The summed E-state index contributed by atoms with van der Waals surface area (Å²) >= 11 is 0. The summed E-state index contributed by atoms with van der Waals surface area (Å²) in [7, 11) is 4.51. The molecule has 0 unspecified atom stereocenters. The molecule has 7 heteroatoms. The lowest BCUT2D eigenvalue weighted by Gasteiger charge is -2.21. The lowest BCUT2D eigenvalue weighted by Crippen LogP contribution is -2.37. The van der Waals surface area contributed by atoms with Crippen molar-refractivity contribution in [2.24, 2.45) is 0 Å². The molecule has 21 heavy (non-hydrogen) atoms. The van der Waals surface area contributed by atoms with Crippen LogP contribution in [0.5, 0.6) is 0 Å². The number of amides is 2. The maximum Gasteiger partial charge on any atom is 0.409 e. The summed E-state index contributed by atoms with van der Waals surface area (Å²) < 4.78 is 9.72. The minimum absolute atomic E-state index is 0.177. The normalized spacial score (nSPS) is 9.86. The molecule has 2 amide bonds. The lowest BCUT2D eigenvalue weighted by atomic mass is 10.2. The molecule has 7 nitrogen and oxygen atoms in total. The Morgan fingerprint density at radius 2 is 1.57 bits per heavy atom. The number of hydrogen-bond donors (Lipinski definition) is 1. The van der Waals surface area contributed by atoms with Gasteiger partial charge in [0.05, 0.1) is 7.11 Å². The molecule has 0 bridgehead atoms. The van der Waals surface area contributed by atoms with Gasteiger partial charge in [-0.1, -0.05) is 12.1 Å². The molecule has 2 N–H and O–H groups in total. The van der Waals surface area contributed by atoms with Crippen LogP contribution in [0.1, 0.15) is 5.56 Å². The van der Waals surface area contributed by atoms with Gasteiger partial charge in [0.15, 0.2) is 0 Å². The SMILES string of the molecule is COC(=O)N(C)CCN(C)C(=O)OCc1ccc(N)cc1. The smallest absolute Gasteiger partial charge is 0.409 e. The Morgan fingerprint density at radius 1 is 1.05 bits per heavy atom. The Morgan fingerprint density at radius 3 is 2.10 bits per heavy atom. The van der Waals surface area contributed by atoms with Gasteiger partial charge in [-0.05, 0) is 17.7 Å². The number of rotatable bonds is 5. The van der Waals surface area contributed by atoms with Crippen LogP contribution in [0.25, 0.3) is 0 Å². The summed E-state index contributed by atoms with van der Waals surface area (Å²) in [5, 5.41) is 0. The number of hydrogen-bond acceptors (Lipinski definition) is 5. The van der Waals surface area contributed by atoms with Gasteiger partial charge in [-0.25, -0.2) is 9.59 Å². The topological polar surface area (TPSA) is 85.1 Å². The van der Waals surface area contributed by atoms with Gasteiger partial charge in [0.1, 0.15) is 6.61 Å². The Hall–Kier alpha value is -2.44. The predicted octanol–water partition coefficient (Wildman–Crippen LogP) is 1.54. The van der Waals surface area contributed by atoms with E-state index in [9.17, 15) is 9.59 Å². The average Bonchev–Trinajstić information content (AvgIpc) is 2.50. The molecule has 1 rings (SSSR count). The zero-order chi connectivity index (χ0) is 15.8. The van der Waals surface area contributed by atoms with Crippen molar-refractivity contribution >= 4 is 17.9 Å². The summed E-state index contributed by atoms with van der Waals surface area (Å²) in [4.78, 5) is 25.7. The zero-order valence-corrected chi connectivity index (χ0v) is 12.5. The number of ether oxygens (including phenoxy) is 2. The van der Waals surface area contributed by atoms with Gasteiger partial charge in [0.25, 0.3) is 0 Å². The van der Waals surface area contributed by atoms with Gasteiger partial charge in [-0.3, -0.25) is 0 Å². The van der Waals surface area contributed by atoms with Gasteiger partial charge in [0.2, 0.25) is 0 Å². The van der Waals surface area contributed by atoms with E-state index in [1.54, 1.807) is 38.4 Å². The molecule has 0 fully saturated rings. The third-order valence-electron chi connectivity index (χ3n) is 2.91. The van der Waals surface area contributed by atoms with E-state index in [2.05, 4.69) is 4.74 Å². The average molecular weight is 295 g/mol. The second kappa shape index (κ2) is 7.98. The summed E-state index contributed by atoms with van der Waals surface area (Å²) in [6.45, 7) is 0.891. The molecule has 0 aliphatic rings. The predicted molar refractivity (Wildman–Crippen MR) is 78.7 cm³/mol. The van der Waals surface area contributed by atoms with Gasteiger partial charge in [-0.2, -0.15) is 0 Å². The van der Waals surface area contributed by atoms with Crippen LogP contribution in [0.2, 0.25) is 0 Å². The van der Waals surface area contributed by atoms with E-state index in [1.165, 1.54) is 16.9 Å². The van der Waals surface area contributed by atoms with E-state index >= 15 is 0 Å². The van der Waals surface area contributed by atoms with Crippen LogP contribution >= 0.6 is 0 Å². The van der Waals surface area contributed by atoms with Crippen molar-refractivity contribution in [1.29, 1.82) is 0 Å². The van der Waals surface area contributed by atoms with Gasteiger partial charge >= 0.3 is 12.2 Å². The van der Waals surface area contributed by atoms with Crippen molar-refractivity contribution in [3.8, 4) is 0 Å². The molecule has 0 saturated carbocycles. The Bertz CT molecular complexity index is 476. The lowest BCUT2D eigenvalue weighted by molar-refractivity contribution is 0.0975. The highest BCUT2D eigenvalue weighted by atomic mass is 16.6. The number of carbonyl (C=O) groups excluding carboxylic acids is 2. The maximum atomic E-state index is 11.8. The molecule has 0 aromatic heterocycles. The standard InChI is InChI=1S/C14H21N3O4/c1-16(13(18)20-3)8-9-17(2)14(19)21-10-11-4-6-12(15)7-5-11/h4-7H,8-10,15H2,1-3H3. The molecular weight excluding hydrogens is 274 g/mol. The van der Waals surface area contributed by atoms with Crippen molar-refractivity contribution in [2.75, 3.05) is 40.0 Å². The molecule has 0 atom stereocenters. The van der Waals surface area contributed by atoms with E-state index in [-0.39, 0.29) is 6.61 Å². The molecular formula is C14H21N3O4. The second-order valence-electron chi connectivity index (χ2n) is 4.61. The third kappa shape index (κ3) is 5.60. The van der Waals surface area contributed by atoms with Crippen LogP contribution in [0.4, 0.5) is 15.3 Å². The van der Waals surface area contributed by atoms with Crippen LogP contribution in [0, 0.1) is 0 Å². The maximum absolute atomic E-state index is 11.8. The summed E-state index contributed by atoms with van der Waals surface area (Å²) in [6, 6.07) is 7.09. The van der Waals surface area contributed by atoms with E-state index in [4.69, 9.17) is 10.5 Å². The number of nitrogen functional groups attached to an aromatic ring is 1. The van der Waals surface area contributed by atoms with E-state index in [0.29, 0.717) is 18.8 Å². The number of nitrogens with two attached hydrogens (primary N) is 1.